The van der Waals surface area contributed by atoms with E-state index >= 15 is 0 Å². The summed E-state index contributed by atoms with van der Waals surface area (Å²) < 4.78 is 0. The predicted molar refractivity (Wildman–Crippen MR) is 51.9 cm³/mol. The van der Waals surface area contributed by atoms with Crippen LogP contribution in [0.3, 0.4) is 0 Å². The quantitative estimate of drug-likeness (QED) is 0.726. The highest BCUT2D eigenvalue weighted by Crippen LogP contribution is 2.06. The maximum absolute atomic E-state index is 10.9. The van der Waals surface area contributed by atoms with Gasteiger partial charge in [-0.15, -0.1) is 11.6 Å². The van der Waals surface area contributed by atoms with Gasteiger partial charge in [-0.2, -0.15) is 5.10 Å². The molecule has 4 nitrogen and oxygen atoms in total. The summed E-state index contributed by atoms with van der Waals surface area (Å²) in [5.74, 6) is 0.251. The van der Waals surface area contributed by atoms with E-state index < -0.39 is 0 Å². The Bertz CT molecular complexity index is 285. The molecule has 13 heavy (non-hydrogen) atoms. The number of carbonyl (C=O) groups is 1. The van der Waals surface area contributed by atoms with Crippen LogP contribution >= 0.6 is 11.6 Å². The maximum Gasteiger partial charge on any atom is 0.240 e. The van der Waals surface area contributed by atoms with Crippen LogP contribution in [0.2, 0.25) is 0 Å². The Kier molecular flexibility index (Phi) is 3.76. The lowest BCUT2D eigenvalue weighted by molar-refractivity contribution is -0.113. The molecule has 1 aromatic heterocycles. The standard InChI is InChI=1S/C8H12ClN3O/c1-2-3-6-4-7(12-11-6)10-8(13)5-9/h4H,2-3,5H2,1H3,(H2,10,11,12,13). The second-order valence-corrected chi connectivity index (χ2v) is 2.98. The van der Waals surface area contributed by atoms with Crippen molar-refractivity contribution >= 4 is 23.3 Å². The van der Waals surface area contributed by atoms with Crippen molar-refractivity contribution in [2.75, 3.05) is 11.2 Å². The first-order valence-electron chi connectivity index (χ1n) is 4.16. The first-order chi connectivity index (χ1) is 6.26. The molecular formula is C8H12ClN3O. The van der Waals surface area contributed by atoms with Crippen molar-refractivity contribution in [1.29, 1.82) is 0 Å². The molecule has 1 amide bonds. The van der Waals surface area contributed by atoms with Gasteiger partial charge < -0.3 is 5.32 Å². The van der Waals surface area contributed by atoms with Gasteiger partial charge in [0.05, 0.1) is 0 Å². The molecule has 5 heteroatoms. The molecule has 1 heterocycles. The number of amides is 1. The molecule has 0 fully saturated rings. The summed E-state index contributed by atoms with van der Waals surface area (Å²) in [5.41, 5.74) is 1.02. The number of aromatic nitrogens is 2. The fourth-order valence-electron chi connectivity index (χ4n) is 0.999. The van der Waals surface area contributed by atoms with Crippen molar-refractivity contribution in [3.63, 3.8) is 0 Å². The molecule has 2 N–H and O–H groups in total. The van der Waals surface area contributed by atoms with E-state index in [1.165, 1.54) is 0 Å². The topological polar surface area (TPSA) is 57.8 Å². The van der Waals surface area contributed by atoms with Gasteiger partial charge in [0.2, 0.25) is 5.91 Å². The molecule has 0 aliphatic rings. The summed E-state index contributed by atoms with van der Waals surface area (Å²) in [6.45, 7) is 2.08. The lowest BCUT2D eigenvalue weighted by Gasteiger charge is -1.94. The number of nitrogens with one attached hydrogen (secondary N) is 2. The molecule has 0 unspecified atom stereocenters. The first-order valence-corrected chi connectivity index (χ1v) is 4.69. The van der Waals surface area contributed by atoms with Crippen LogP contribution in [0, 0.1) is 0 Å². The van der Waals surface area contributed by atoms with E-state index in [1.54, 1.807) is 0 Å². The number of aromatic amines is 1. The summed E-state index contributed by atoms with van der Waals surface area (Å²) in [5, 5.41) is 9.29. The molecule has 1 rings (SSSR count). The van der Waals surface area contributed by atoms with Crippen LogP contribution < -0.4 is 5.32 Å². The normalized spacial score (nSPS) is 10.0. The Morgan fingerprint density at radius 3 is 3.15 bits per heavy atom. The Morgan fingerprint density at radius 1 is 1.77 bits per heavy atom. The summed E-state index contributed by atoms with van der Waals surface area (Å²) in [6.07, 6.45) is 1.98. The number of rotatable bonds is 4. The molecule has 0 saturated carbocycles. The number of hydrogen-bond acceptors (Lipinski definition) is 2. The van der Waals surface area contributed by atoms with Crippen molar-refractivity contribution in [2.45, 2.75) is 19.8 Å². The molecule has 0 saturated heterocycles. The van der Waals surface area contributed by atoms with E-state index in [9.17, 15) is 4.79 Å². The second kappa shape index (κ2) is 4.87. The summed E-state index contributed by atoms with van der Waals surface area (Å²) >= 11 is 5.32. The van der Waals surface area contributed by atoms with Crippen molar-refractivity contribution < 1.29 is 4.79 Å². The van der Waals surface area contributed by atoms with Crippen molar-refractivity contribution in [3.05, 3.63) is 11.8 Å². The molecular weight excluding hydrogens is 190 g/mol. The largest absolute Gasteiger partial charge is 0.308 e. The van der Waals surface area contributed by atoms with E-state index in [0.717, 1.165) is 18.5 Å². The van der Waals surface area contributed by atoms with Crippen LogP contribution in [-0.2, 0) is 11.2 Å². The third-order valence-corrected chi connectivity index (χ3v) is 1.78. The van der Waals surface area contributed by atoms with Crippen molar-refractivity contribution in [2.24, 2.45) is 0 Å². The van der Waals surface area contributed by atoms with Crippen LogP contribution in [0.15, 0.2) is 6.07 Å². The number of H-pyrrole nitrogens is 1. The van der Waals surface area contributed by atoms with Gasteiger partial charge in [0.1, 0.15) is 5.88 Å². The molecule has 0 aliphatic carbocycles. The average Bonchev–Trinajstić information content (AvgIpc) is 2.53. The number of hydrogen-bond donors (Lipinski definition) is 2. The Balaban J connectivity index is 2.53. The van der Waals surface area contributed by atoms with E-state index in [4.69, 9.17) is 11.6 Å². The zero-order valence-corrected chi connectivity index (χ0v) is 8.19. The average molecular weight is 202 g/mol. The van der Waals surface area contributed by atoms with Gasteiger partial charge >= 0.3 is 0 Å². The number of nitrogens with zero attached hydrogens (tertiary/aromatic N) is 1. The van der Waals surface area contributed by atoms with E-state index in [2.05, 4.69) is 22.4 Å². The smallest absolute Gasteiger partial charge is 0.240 e. The minimum Gasteiger partial charge on any atom is -0.308 e. The third-order valence-electron chi connectivity index (χ3n) is 1.54. The Morgan fingerprint density at radius 2 is 2.54 bits per heavy atom. The van der Waals surface area contributed by atoms with Crippen molar-refractivity contribution in [3.8, 4) is 0 Å². The number of halogens is 1. The van der Waals surface area contributed by atoms with Gasteiger partial charge in [0.15, 0.2) is 5.82 Å². The zero-order valence-electron chi connectivity index (χ0n) is 7.43. The fraction of sp³-hybridized carbons (Fsp3) is 0.500. The first kappa shape index (κ1) is 10.1. The highest BCUT2D eigenvalue weighted by molar-refractivity contribution is 6.28. The lowest BCUT2D eigenvalue weighted by atomic mass is 10.2. The maximum atomic E-state index is 10.9. The summed E-state index contributed by atoms with van der Waals surface area (Å²) in [7, 11) is 0. The number of alkyl halides is 1. The molecule has 0 spiro atoms. The van der Waals surface area contributed by atoms with Crippen LogP contribution in [0.5, 0.6) is 0 Å². The van der Waals surface area contributed by atoms with E-state index in [-0.39, 0.29) is 11.8 Å². The lowest BCUT2D eigenvalue weighted by Crippen LogP contribution is -2.12. The highest BCUT2D eigenvalue weighted by atomic mass is 35.5. The van der Waals surface area contributed by atoms with Gasteiger partial charge in [-0.25, -0.2) is 0 Å². The van der Waals surface area contributed by atoms with Crippen LogP contribution in [0.1, 0.15) is 19.0 Å². The highest BCUT2D eigenvalue weighted by Gasteiger charge is 2.03. The molecule has 0 atom stereocenters. The third kappa shape index (κ3) is 3.06. The number of carbonyl (C=O) groups excluding carboxylic acids is 1. The van der Waals surface area contributed by atoms with Gasteiger partial charge in [-0.1, -0.05) is 13.3 Å². The second-order valence-electron chi connectivity index (χ2n) is 2.71. The van der Waals surface area contributed by atoms with E-state index in [1.807, 2.05) is 6.07 Å². The number of anilines is 1. The molecule has 0 radical (unpaired) electrons. The molecule has 0 aromatic carbocycles. The number of aryl methyl sites for hydroxylation is 1. The van der Waals surface area contributed by atoms with E-state index in [0.29, 0.717) is 5.82 Å². The van der Waals surface area contributed by atoms with Crippen LogP contribution in [0.25, 0.3) is 0 Å². The summed E-state index contributed by atoms with van der Waals surface area (Å²) in [4.78, 5) is 10.9. The fourth-order valence-corrected chi connectivity index (χ4v) is 1.07. The minimum absolute atomic E-state index is 0.0457. The van der Waals surface area contributed by atoms with Crippen LogP contribution in [-0.4, -0.2) is 22.0 Å². The van der Waals surface area contributed by atoms with Gasteiger partial charge in [0, 0.05) is 11.8 Å². The molecule has 0 aliphatic heterocycles. The van der Waals surface area contributed by atoms with Gasteiger partial charge in [-0.3, -0.25) is 9.89 Å². The zero-order chi connectivity index (χ0) is 9.68. The predicted octanol–water partition coefficient (Wildman–Crippen LogP) is 1.54. The van der Waals surface area contributed by atoms with Crippen LogP contribution in [0.4, 0.5) is 5.82 Å². The Labute approximate surface area is 81.7 Å². The van der Waals surface area contributed by atoms with Gasteiger partial charge in [0.25, 0.3) is 0 Å². The summed E-state index contributed by atoms with van der Waals surface area (Å²) in [6, 6.07) is 1.81. The SMILES string of the molecule is CCCc1cc(NC(=O)CCl)n[nH]1. The molecule has 1 aromatic rings. The molecule has 72 valence electrons. The Hall–Kier alpha value is -1.03. The minimum atomic E-state index is -0.240. The monoisotopic (exact) mass is 201 g/mol. The van der Waals surface area contributed by atoms with Crippen molar-refractivity contribution in [1.82, 2.24) is 10.2 Å². The van der Waals surface area contributed by atoms with Gasteiger partial charge in [-0.05, 0) is 6.42 Å². The molecule has 0 bridgehead atoms.